The van der Waals surface area contributed by atoms with Crippen LogP contribution in [0, 0.1) is 0 Å². The molecule has 7 nitrogen and oxygen atoms in total. The van der Waals surface area contributed by atoms with E-state index in [1.807, 2.05) is 25.1 Å². The molecule has 0 bridgehead atoms. The number of hydrogen-bond donors (Lipinski definition) is 3. The number of aromatic amines is 1. The number of pyridine rings is 1. The summed E-state index contributed by atoms with van der Waals surface area (Å²) in [7, 11) is 0. The maximum Gasteiger partial charge on any atom is 0.251 e. The molecule has 3 heterocycles. The standard InChI is InChI=1S/C17H15N5O2S/c1-9-16(23)21-12-7-10(4-5-13(12)25-9)17(24)19-8-14-20-11-3-2-6-18-15(11)22-14/h2-7,9H,8H2,1H3,(H,19,24)(H,21,23)(H,18,20,22). The van der Waals surface area contributed by atoms with E-state index in [1.165, 1.54) is 11.8 Å². The number of nitrogens with zero attached hydrogens (tertiary/aromatic N) is 2. The fourth-order valence-electron chi connectivity index (χ4n) is 2.59. The van der Waals surface area contributed by atoms with E-state index in [1.54, 1.807) is 18.3 Å². The van der Waals surface area contributed by atoms with E-state index in [0.717, 1.165) is 10.4 Å². The molecular formula is C17H15N5O2S. The van der Waals surface area contributed by atoms with E-state index < -0.39 is 0 Å². The minimum absolute atomic E-state index is 0.0511. The Hall–Kier alpha value is -2.87. The molecular weight excluding hydrogens is 338 g/mol. The number of carbonyl (C=O) groups is 2. The van der Waals surface area contributed by atoms with Crippen molar-refractivity contribution in [3.63, 3.8) is 0 Å². The Bertz CT molecular complexity index is 951. The monoisotopic (exact) mass is 353 g/mol. The molecule has 4 rings (SSSR count). The summed E-state index contributed by atoms with van der Waals surface area (Å²) in [6.07, 6.45) is 1.67. The smallest absolute Gasteiger partial charge is 0.251 e. The molecule has 3 N–H and O–H groups in total. The van der Waals surface area contributed by atoms with Gasteiger partial charge in [-0.2, -0.15) is 0 Å². The highest BCUT2D eigenvalue weighted by Crippen LogP contribution is 2.35. The van der Waals surface area contributed by atoms with Gasteiger partial charge in [0, 0.05) is 16.7 Å². The first-order valence-electron chi connectivity index (χ1n) is 7.79. The number of imidazole rings is 1. The SMILES string of the molecule is CC1Sc2ccc(C(=O)NCc3nc4ncccc4[nH]3)cc2NC1=O. The third-order valence-electron chi connectivity index (χ3n) is 3.90. The summed E-state index contributed by atoms with van der Waals surface area (Å²) in [5, 5.41) is 5.52. The lowest BCUT2D eigenvalue weighted by Gasteiger charge is -2.21. The van der Waals surface area contributed by atoms with E-state index in [0.29, 0.717) is 22.7 Å². The summed E-state index contributed by atoms with van der Waals surface area (Å²) >= 11 is 1.49. The average molecular weight is 353 g/mol. The first kappa shape index (κ1) is 15.6. The van der Waals surface area contributed by atoms with Gasteiger partial charge in [0.15, 0.2) is 5.65 Å². The lowest BCUT2D eigenvalue weighted by atomic mass is 10.1. The zero-order chi connectivity index (χ0) is 17.4. The van der Waals surface area contributed by atoms with Crippen LogP contribution in [0.3, 0.4) is 0 Å². The van der Waals surface area contributed by atoms with Gasteiger partial charge in [-0.1, -0.05) is 0 Å². The Labute approximate surface area is 147 Å². The van der Waals surface area contributed by atoms with Gasteiger partial charge in [-0.3, -0.25) is 9.59 Å². The Kier molecular flexibility index (Phi) is 3.89. The second kappa shape index (κ2) is 6.21. The summed E-state index contributed by atoms with van der Waals surface area (Å²) in [5.74, 6) is 0.358. The van der Waals surface area contributed by atoms with Crippen molar-refractivity contribution in [1.82, 2.24) is 20.3 Å². The van der Waals surface area contributed by atoms with Crippen LogP contribution >= 0.6 is 11.8 Å². The molecule has 2 amide bonds. The Morgan fingerprint density at radius 3 is 3.08 bits per heavy atom. The highest BCUT2D eigenvalue weighted by molar-refractivity contribution is 8.00. The quantitative estimate of drug-likeness (QED) is 0.671. The minimum Gasteiger partial charge on any atom is -0.345 e. The van der Waals surface area contributed by atoms with Crippen molar-refractivity contribution in [1.29, 1.82) is 0 Å². The lowest BCUT2D eigenvalue weighted by Crippen LogP contribution is -2.27. The predicted molar refractivity (Wildman–Crippen MR) is 95.4 cm³/mol. The molecule has 3 aromatic rings. The van der Waals surface area contributed by atoms with Gasteiger partial charge in [-0.05, 0) is 37.3 Å². The van der Waals surface area contributed by atoms with Crippen LogP contribution in [0.4, 0.5) is 5.69 Å². The van der Waals surface area contributed by atoms with Crippen LogP contribution in [0.1, 0.15) is 23.1 Å². The van der Waals surface area contributed by atoms with Gasteiger partial charge >= 0.3 is 0 Å². The van der Waals surface area contributed by atoms with E-state index in [-0.39, 0.29) is 23.6 Å². The maximum atomic E-state index is 12.4. The Balaban J connectivity index is 1.48. The molecule has 0 fully saturated rings. The second-order valence-electron chi connectivity index (χ2n) is 5.70. The van der Waals surface area contributed by atoms with Gasteiger partial charge in [0.05, 0.1) is 23.0 Å². The molecule has 126 valence electrons. The summed E-state index contributed by atoms with van der Waals surface area (Å²) in [4.78, 5) is 36.7. The van der Waals surface area contributed by atoms with Crippen molar-refractivity contribution >= 4 is 40.4 Å². The van der Waals surface area contributed by atoms with Crippen molar-refractivity contribution in [2.45, 2.75) is 23.6 Å². The number of aromatic nitrogens is 3. The van der Waals surface area contributed by atoms with Crippen molar-refractivity contribution < 1.29 is 9.59 Å². The highest BCUT2D eigenvalue weighted by Gasteiger charge is 2.23. The van der Waals surface area contributed by atoms with Crippen LogP contribution in [0.15, 0.2) is 41.4 Å². The fraction of sp³-hybridized carbons (Fsp3) is 0.176. The van der Waals surface area contributed by atoms with Crippen molar-refractivity contribution in [2.24, 2.45) is 0 Å². The number of nitrogens with one attached hydrogen (secondary N) is 3. The predicted octanol–water partition coefficient (Wildman–Crippen LogP) is 2.32. The topological polar surface area (TPSA) is 99.8 Å². The molecule has 1 aliphatic rings. The molecule has 1 aromatic carbocycles. The largest absolute Gasteiger partial charge is 0.345 e. The van der Waals surface area contributed by atoms with Gasteiger partial charge in [-0.15, -0.1) is 11.8 Å². The number of anilines is 1. The number of benzene rings is 1. The molecule has 0 spiro atoms. The third kappa shape index (κ3) is 3.08. The first-order valence-corrected chi connectivity index (χ1v) is 8.67. The van der Waals surface area contributed by atoms with E-state index in [9.17, 15) is 9.59 Å². The van der Waals surface area contributed by atoms with Gasteiger partial charge in [0.25, 0.3) is 5.91 Å². The van der Waals surface area contributed by atoms with E-state index in [2.05, 4.69) is 25.6 Å². The van der Waals surface area contributed by atoms with Crippen LogP contribution in [-0.4, -0.2) is 32.0 Å². The van der Waals surface area contributed by atoms with E-state index >= 15 is 0 Å². The highest BCUT2D eigenvalue weighted by atomic mass is 32.2. The number of carbonyl (C=O) groups excluding carboxylic acids is 2. The molecule has 1 aliphatic heterocycles. The molecule has 0 saturated carbocycles. The summed E-state index contributed by atoms with van der Waals surface area (Å²) in [6.45, 7) is 2.12. The van der Waals surface area contributed by atoms with Crippen LogP contribution in [0.5, 0.6) is 0 Å². The van der Waals surface area contributed by atoms with Crippen LogP contribution in [-0.2, 0) is 11.3 Å². The van der Waals surface area contributed by atoms with Crippen LogP contribution < -0.4 is 10.6 Å². The molecule has 2 aromatic heterocycles. The van der Waals surface area contributed by atoms with E-state index in [4.69, 9.17) is 0 Å². The summed E-state index contributed by atoms with van der Waals surface area (Å²) in [5.41, 5.74) is 2.61. The molecule has 0 saturated heterocycles. The number of amides is 2. The first-order chi connectivity index (χ1) is 12.1. The zero-order valence-corrected chi connectivity index (χ0v) is 14.2. The van der Waals surface area contributed by atoms with Crippen LogP contribution in [0.25, 0.3) is 11.2 Å². The Morgan fingerprint density at radius 2 is 2.24 bits per heavy atom. The van der Waals surface area contributed by atoms with Crippen LogP contribution in [0.2, 0.25) is 0 Å². The van der Waals surface area contributed by atoms with Gasteiger partial charge in [-0.25, -0.2) is 9.97 Å². The molecule has 8 heteroatoms. The molecule has 25 heavy (non-hydrogen) atoms. The van der Waals surface area contributed by atoms with Crippen molar-refractivity contribution in [3.8, 4) is 0 Å². The zero-order valence-electron chi connectivity index (χ0n) is 13.4. The normalized spacial score (nSPS) is 16.4. The summed E-state index contributed by atoms with van der Waals surface area (Å²) < 4.78 is 0. The number of hydrogen-bond acceptors (Lipinski definition) is 5. The van der Waals surface area contributed by atoms with Gasteiger partial charge < -0.3 is 15.6 Å². The maximum absolute atomic E-state index is 12.4. The summed E-state index contributed by atoms with van der Waals surface area (Å²) in [6, 6.07) is 9.01. The van der Waals surface area contributed by atoms with Gasteiger partial charge in [0.2, 0.25) is 5.91 Å². The molecule has 0 aliphatic carbocycles. The molecule has 1 atom stereocenters. The van der Waals surface area contributed by atoms with Crippen molar-refractivity contribution in [3.05, 3.63) is 47.9 Å². The third-order valence-corrected chi connectivity index (χ3v) is 5.07. The van der Waals surface area contributed by atoms with Crippen molar-refractivity contribution in [2.75, 3.05) is 5.32 Å². The number of rotatable bonds is 3. The number of thioether (sulfide) groups is 1. The number of fused-ring (bicyclic) bond motifs is 2. The lowest BCUT2D eigenvalue weighted by molar-refractivity contribution is -0.115. The fourth-order valence-corrected chi connectivity index (χ4v) is 3.53. The molecule has 1 unspecified atom stereocenters. The second-order valence-corrected chi connectivity index (χ2v) is 7.08. The molecule has 0 radical (unpaired) electrons. The number of H-pyrrole nitrogens is 1. The Morgan fingerprint density at radius 1 is 1.36 bits per heavy atom. The minimum atomic E-state index is -0.228. The van der Waals surface area contributed by atoms with Gasteiger partial charge in [0.1, 0.15) is 5.82 Å². The average Bonchev–Trinajstić information content (AvgIpc) is 3.03.